The molecule has 1 aromatic heterocycles. The third-order valence-corrected chi connectivity index (χ3v) is 4.71. The van der Waals surface area contributed by atoms with Crippen molar-refractivity contribution < 1.29 is 13.2 Å². The number of aromatic amines is 1. The van der Waals surface area contributed by atoms with Crippen molar-refractivity contribution in [2.75, 3.05) is 17.2 Å². The highest BCUT2D eigenvalue weighted by Gasteiger charge is 2.35. The molecule has 6 nitrogen and oxygen atoms in total. The molecule has 3 N–H and O–H groups in total. The first kappa shape index (κ1) is 12.0. The van der Waals surface area contributed by atoms with Crippen molar-refractivity contribution in [3.05, 3.63) is 30.3 Å². The number of anilines is 1. The molecular formula is C12H13N3O3S. The van der Waals surface area contributed by atoms with E-state index in [4.69, 9.17) is 10.5 Å². The maximum atomic E-state index is 11.1. The highest BCUT2D eigenvalue weighted by atomic mass is 32.2. The SMILES string of the molecule is Nc1cc(-c2ccccc2OC2CS(=O)(=O)C2)[nH]n1. The van der Waals surface area contributed by atoms with E-state index in [9.17, 15) is 8.42 Å². The molecule has 2 heterocycles. The molecule has 1 saturated heterocycles. The van der Waals surface area contributed by atoms with Crippen molar-refractivity contribution in [3.8, 4) is 17.0 Å². The Morgan fingerprint density at radius 1 is 1.32 bits per heavy atom. The maximum Gasteiger partial charge on any atom is 0.157 e. The van der Waals surface area contributed by atoms with E-state index in [1.807, 2.05) is 18.2 Å². The third-order valence-electron chi connectivity index (χ3n) is 2.95. The second-order valence-corrected chi connectivity index (χ2v) is 6.67. The van der Waals surface area contributed by atoms with Gasteiger partial charge in [0.1, 0.15) is 17.7 Å². The molecule has 0 unspecified atom stereocenters. The van der Waals surface area contributed by atoms with E-state index in [1.165, 1.54) is 0 Å². The van der Waals surface area contributed by atoms with E-state index in [-0.39, 0.29) is 17.6 Å². The van der Waals surface area contributed by atoms with Gasteiger partial charge in [-0.2, -0.15) is 5.10 Å². The van der Waals surface area contributed by atoms with E-state index >= 15 is 0 Å². The van der Waals surface area contributed by atoms with Crippen LogP contribution in [-0.2, 0) is 9.84 Å². The number of nitrogens with zero attached hydrogens (tertiary/aromatic N) is 1. The van der Waals surface area contributed by atoms with Crippen molar-refractivity contribution in [2.45, 2.75) is 6.10 Å². The smallest absolute Gasteiger partial charge is 0.157 e. The van der Waals surface area contributed by atoms with Crippen molar-refractivity contribution >= 4 is 15.7 Å². The van der Waals surface area contributed by atoms with Crippen molar-refractivity contribution in [2.24, 2.45) is 0 Å². The van der Waals surface area contributed by atoms with E-state index in [0.29, 0.717) is 11.6 Å². The number of nitrogens with two attached hydrogens (primary N) is 1. The molecule has 100 valence electrons. The Morgan fingerprint density at radius 2 is 2.05 bits per heavy atom. The first-order valence-corrected chi connectivity index (χ1v) is 7.63. The Morgan fingerprint density at radius 3 is 2.68 bits per heavy atom. The maximum absolute atomic E-state index is 11.1. The summed E-state index contributed by atoms with van der Waals surface area (Å²) in [5, 5.41) is 6.69. The number of benzene rings is 1. The standard InChI is InChI=1S/C12H13N3O3S/c13-12-5-10(14-15-12)9-3-1-2-4-11(9)18-8-6-19(16,17)7-8/h1-5,8H,6-7H2,(H3,13,14,15). The summed E-state index contributed by atoms with van der Waals surface area (Å²) in [4.78, 5) is 0. The Balaban J connectivity index is 1.86. The average Bonchev–Trinajstić information content (AvgIpc) is 2.74. The topological polar surface area (TPSA) is 98.1 Å². The predicted octanol–water partition coefficient (Wildman–Crippen LogP) is 0.835. The molecule has 7 heteroatoms. The van der Waals surface area contributed by atoms with Gasteiger partial charge in [0.15, 0.2) is 9.84 Å². The van der Waals surface area contributed by atoms with E-state index in [1.54, 1.807) is 12.1 Å². The summed E-state index contributed by atoms with van der Waals surface area (Å²) < 4.78 is 28.0. The average molecular weight is 279 g/mol. The number of para-hydroxylation sites is 1. The van der Waals surface area contributed by atoms with Gasteiger partial charge in [-0.05, 0) is 12.1 Å². The van der Waals surface area contributed by atoms with Crippen LogP contribution < -0.4 is 10.5 Å². The number of nitrogens with one attached hydrogen (secondary N) is 1. The van der Waals surface area contributed by atoms with Gasteiger partial charge in [0, 0.05) is 11.6 Å². The van der Waals surface area contributed by atoms with Crippen LogP contribution in [0.25, 0.3) is 11.3 Å². The van der Waals surface area contributed by atoms with Crippen LogP contribution in [0.15, 0.2) is 30.3 Å². The van der Waals surface area contributed by atoms with E-state index < -0.39 is 9.84 Å². The highest BCUT2D eigenvalue weighted by molar-refractivity contribution is 7.92. The zero-order valence-corrected chi connectivity index (χ0v) is 10.9. The van der Waals surface area contributed by atoms with Gasteiger partial charge in [-0.1, -0.05) is 12.1 Å². The summed E-state index contributed by atoms with van der Waals surface area (Å²) in [6.45, 7) is 0. The van der Waals surface area contributed by atoms with Gasteiger partial charge < -0.3 is 10.5 Å². The van der Waals surface area contributed by atoms with Gasteiger partial charge in [-0.15, -0.1) is 0 Å². The molecule has 1 aliphatic heterocycles. The van der Waals surface area contributed by atoms with Crippen LogP contribution in [0.5, 0.6) is 5.75 Å². The van der Waals surface area contributed by atoms with Crippen molar-refractivity contribution in [1.29, 1.82) is 0 Å². The number of hydrogen-bond donors (Lipinski definition) is 2. The molecule has 3 rings (SSSR count). The van der Waals surface area contributed by atoms with Crippen LogP contribution in [0.3, 0.4) is 0 Å². The Hall–Kier alpha value is -2.02. The monoisotopic (exact) mass is 279 g/mol. The summed E-state index contributed by atoms with van der Waals surface area (Å²) in [5.74, 6) is 1.18. The van der Waals surface area contributed by atoms with Crippen molar-refractivity contribution in [1.82, 2.24) is 10.2 Å². The molecule has 0 bridgehead atoms. The molecular weight excluding hydrogens is 266 g/mol. The van der Waals surface area contributed by atoms with Gasteiger partial charge in [-0.3, -0.25) is 5.10 Å². The van der Waals surface area contributed by atoms with Gasteiger partial charge >= 0.3 is 0 Å². The molecule has 0 aliphatic carbocycles. The minimum absolute atomic E-state index is 0.0758. The fraction of sp³-hybridized carbons (Fsp3) is 0.250. The number of sulfone groups is 1. The quantitative estimate of drug-likeness (QED) is 0.867. The zero-order valence-electron chi connectivity index (χ0n) is 10.0. The first-order chi connectivity index (χ1) is 9.03. The van der Waals surface area contributed by atoms with E-state index in [2.05, 4.69) is 10.2 Å². The van der Waals surface area contributed by atoms with Gasteiger partial charge in [0.05, 0.1) is 17.2 Å². The summed E-state index contributed by atoms with van der Waals surface area (Å²) in [6, 6.07) is 9.09. The van der Waals surface area contributed by atoms with Crippen LogP contribution in [0.4, 0.5) is 5.82 Å². The first-order valence-electron chi connectivity index (χ1n) is 5.81. The lowest BCUT2D eigenvalue weighted by Crippen LogP contribution is -2.45. The van der Waals surface area contributed by atoms with Crippen LogP contribution in [0.2, 0.25) is 0 Å². The number of H-pyrrole nitrogens is 1. The lowest BCUT2D eigenvalue weighted by Gasteiger charge is -2.27. The molecule has 0 saturated carbocycles. The van der Waals surface area contributed by atoms with Crippen LogP contribution in [-0.4, -0.2) is 36.2 Å². The Labute approximate surface area is 110 Å². The third kappa shape index (κ3) is 2.41. The zero-order chi connectivity index (χ0) is 13.5. The number of rotatable bonds is 3. The normalized spacial score (nSPS) is 17.9. The van der Waals surface area contributed by atoms with Gasteiger partial charge in [-0.25, -0.2) is 8.42 Å². The lowest BCUT2D eigenvalue weighted by atomic mass is 10.1. The van der Waals surface area contributed by atoms with Crippen LogP contribution in [0.1, 0.15) is 0 Å². The van der Waals surface area contributed by atoms with Crippen LogP contribution in [0, 0.1) is 0 Å². The molecule has 0 radical (unpaired) electrons. The van der Waals surface area contributed by atoms with Gasteiger partial charge in [0.2, 0.25) is 0 Å². The number of hydrogen-bond acceptors (Lipinski definition) is 5. The number of aromatic nitrogens is 2. The largest absolute Gasteiger partial charge is 0.488 e. The lowest BCUT2D eigenvalue weighted by molar-refractivity contribution is 0.231. The molecule has 2 aromatic rings. The fourth-order valence-corrected chi connectivity index (χ4v) is 3.20. The minimum Gasteiger partial charge on any atom is -0.488 e. The summed E-state index contributed by atoms with van der Waals surface area (Å²) in [6.07, 6.45) is -0.272. The predicted molar refractivity (Wildman–Crippen MR) is 71.5 cm³/mol. The Kier molecular flexibility index (Phi) is 2.70. The molecule has 0 atom stereocenters. The number of ether oxygens (including phenoxy) is 1. The molecule has 0 amide bonds. The second-order valence-electron chi connectivity index (χ2n) is 4.52. The summed E-state index contributed by atoms with van der Waals surface area (Å²) in [5.41, 5.74) is 7.14. The summed E-state index contributed by atoms with van der Waals surface area (Å²) >= 11 is 0. The van der Waals surface area contributed by atoms with E-state index in [0.717, 1.165) is 11.3 Å². The minimum atomic E-state index is -2.89. The Bertz CT molecular complexity index is 697. The summed E-state index contributed by atoms with van der Waals surface area (Å²) in [7, 11) is -2.89. The van der Waals surface area contributed by atoms with Crippen molar-refractivity contribution in [3.63, 3.8) is 0 Å². The molecule has 1 fully saturated rings. The molecule has 0 spiro atoms. The molecule has 1 aromatic carbocycles. The van der Waals surface area contributed by atoms with Gasteiger partial charge in [0.25, 0.3) is 0 Å². The number of nitrogen functional groups attached to an aromatic ring is 1. The molecule has 19 heavy (non-hydrogen) atoms. The fourth-order valence-electron chi connectivity index (χ4n) is 2.03. The molecule has 1 aliphatic rings. The second kappa shape index (κ2) is 4.27. The van der Waals surface area contributed by atoms with Crippen LogP contribution >= 0.6 is 0 Å². The highest BCUT2D eigenvalue weighted by Crippen LogP contribution is 2.31.